The van der Waals surface area contributed by atoms with E-state index in [1.807, 2.05) is 0 Å². The second-order valence-electron chi connectivity index (χ2n) is 15.6. The van der Waals surface area contributed by atoms with Crippen LogP contribution >= 0.6 is 0 Å². The van der Waals surface area contributed by atoms with Crippen molar-refractivity contribution >= 4 is 21.5 Å². The van der Waals surface area contributed by atoms with Gasteiger partial charge in [-0.1, -0.05) is 159 Å². The van der Waals surface area contributed by atoms with Gasteiger partial charge in [-0.25, -0.2) is 0 Å². The molecule has 6 aromatic rings. The summed E-state index contributed by atoms with van der Waals surface area (Å²) in [6.07, 6.45) is 0. The van der Waals surface area contributed by atoms with E-state index in [1.54, 1.807) is 0 Å². The lowest BCUT2D eigenvalue weighted by molar-refractivity contribution is 0.590. The summed E-state index contributed by atoms with van der Waals surface area (Å²) in [5.41, 5.74) is 11.9. The molecule has 0 aliphatic rings. The van der Waals surface area contributed by atoms with E-state index in [0.29, 0.717) is 0 Å². The predicted octanol–water partition coefficient (Wildman–Crippen LogP) is 12.9. The Labute approximate surface area is 264 Å². The van der Waals surface area contributed by atoms with E-state index in [1.165, 1.54) is 71.6 Å². The van der Waals surface area contributed by atoms with Gasteiger partial charge < -0.3 is 0 Å². The molecule has 0 aliphatic heterocycles. The number of fused-ring (bicyclic) bond motifs is 2. The average Bonchev–Trinajstić information content (AvgIpc) is 2.98. The van der Waals surface area contributed by atoms with E-state index < -0.39 is 0 Å². The summed E-state index contributed by atoms with van der Waals surface area (Å²) in [6, 6.07) is 43.8. The quantitative estimate of drug-likeness (QED) is 0.184. The summed E-state index contributed by atoms with van der Waals surface area (Å²) in [4.78, 5) is 0. The number of rotatable bonds is 3. The molecule has 0 saturated heterocycles. The van der Waals surface area contributed by atoms with E-state index in [-0.39, 0.29) is 16.2 Å². The Hall–Kier alpha value is -4.16. The lowest BCUT2D eigenvalue weighted by Crippen LogP contribution is -2.11. The number of benzene rings is 6. The third-order valence-electron chi connectivity index (χ3n) is 9.15. The minimum atomic E-state index is 0.0953. The zero-order chi connectivity index (χ0) is 31.4. The second kappa shape index (κ2) is 10.8. The van der Waals surface area contributed by atoms with Gasteiger partial charge in [0.1, 0.15) is 0 Å². The van der Waals surface area contributed by atoms with Crippen LogP contribution in [0.3, 0.4) is 0 Å². The van der Waals surface area contributed by atoms with Gasteiger partial charge in [-0.05, 0) is 106 Å². The molecule has 0 fully saturated rings. The molecular weight excluding hydrogens is 528 g/mol. The Morgan fingerprint density at radius 2 is 0.727 bits per heavy atom. The van der Waals surface area contributed by atoms with Crippen molar-refractivity contribution in [3.63, 3.8) is 0 Å². The van der Waals surface area contributed by atoms with E-state index in [2.05, 4.69) is 178 Å². The first-order valence-electron chi connectivity index (χ1n) is 16.0. The van der Waals surface area contributed by atoms with Crippen molar-refractivity contribution in [2.75, 3.05) is 0 Å². The normalized spacial score (nSPS) is 12.7. The van der Waals surface area contributed by atoms with Crippen molar-refractivity contribution in [2.24, 2.45) is 0 Å². The van der Waals surface area contributed by atoms with Crippen LogP contribution in [-0.4, -0.2) is 0 Å². The molecule has 222 valence electrons. The van der Waals surface area contributed by atoms with Gasteiger partial charge in [0.2, 0.25) is 0 Å². The van der Waals surface area contributed by atoms with E-state index in [9.17, 15) is 0 Å². The predicted molar refractivity (Wildman–Crippen MR) is 194 cm³/mol. The van der Waals surface area contributed by atoms with E-state index >= 15 is 0 Å². The third kappa shape index (κ3) is 5.71. The standard InChI is InChI=1S/C44H46/c1-42(2,3)35-20-14-29(15-21-35)38-28-34-26-32-12-10-11-13-33(32)27-39(34)41(31-18-24-37(25-19-31)44(7,8)9)40(38)30-16-22-36(23-17-30)43(4,5)6/h10-28H,1-9H3. The van der Waals surface area contributed by atoms with Crippen LogP contribution in [0.15, 0.2) is 115 Å². The summed E-state index contributed by atoms with van der Waals surface area (Å²) in [5, 5.41) is 5.09. The molecule has 0 nitrogen and oxygen atoms in total. The third-order valence-corrected chi connectivity index (χ3v) is 9.15. The van der Waals surface area contributed by atoms with Gasteiger partial charge >= 0.3 is 0 Å². The summed E-state index contributed by atoms with van der Waals surface area (Å²) >= 11 is 0. The van der Waals surface area contributed by atoms with Crippen LogP contribution in [0.2, 0.25) is 0 Å². The van der Waals surface area contributed by atoms with Gasteiger partial charge in [-0.15, -0.1) is 0 Å². The monoisotopic (exact) mass is 574 g/mol. The van der Waals surface area contributed by atoms with Crippen LogP contribution in [-0.2, 0) is 16.2 Å². The van der Waals surface area contributed by atoms with Crippen molar-refractivity contribution in [1.29, 1.82) is 0 Å². The minimum Gasteiger partial charge on any atom is -0.0616 e. The van der Waals surface area contributed by atoms with Crippen molar-refractivity contribution in [3.05, 3.63) is 132 Å². The molecular formula is C44H46. The number of hydrogen-bond donors (Lipinski definition) is 0. The first kappa shape index (κ1) is 29.9. The van der Waals surface area contributed by atoms with Crippen molar-refractivity contribution < 1.29 is 0 Å². The van der Waals surface area contributed by atoms with Crippen molar-refractivity contribution in [2.45, 2.75) is 78.6 Å². The minimum absolute atomic E-state index is 0.0953. The molecule has 0 amide bonds. The fraction of sp³-hybridized carbons (Fsp3) is 0.273. The molecule has 0 N–H and O–H groups in total. The van der Waals surface area contributed by atoms with Crippen molar-refractivity contribution in [3.8, 4) is 33.4 Å². The molecule has 0 atom stereocenters. The summed E-state index contributed by atoms with van der Waals surface area (Å²) in [6.45, 7) is 20.6. The van der Waals surface area contributed by atoms with E-state index in [0.717, 1.165) is 0 Å². The lowest BCUT2D eigenvalue weighted by Gasteiger charge is -2.24. The van der Waals surface area contributed by atoms with Crippen LogP contribution in [0.1, 0.15) is 79.0 Å². The first-order chi connectivity index (χ1) is 20.7. The molecule has 0 radical (unpaired) electrons. The molecule has 6 rings (SSSR count). The van der Waals surface area contributed by atoms with Gasteiger partial charge in [0.05, 0.1) is 0 Å². The van der Waals surface area contributed by atoms with Crippen LogP contribution in [0.5, 0.6) is 0 Å². The smallest absolute Gasteiger partial charge is 0.00203 e. The van der Waals surface area contributed by atoms with Crippen molar-refractivity contribution in [1.82, 2.24) is 0 Å². The molecule has 0 heterocycles. The van der Waals surface area contributed by atoms with Crippen LogP contribution in [0.25, 0.3) is 54.9 Å². The maximum Gasteiger partial charge on any atom is -0.00203 e. The fourth-order valence-corrected chi connectivity index (χ4v) is 6.34. The van der Waals surface area contributed by atoms with Crippen LogP contribution in [0.4, 0.5) is 0 Å². The zero-order valence-electron chi connectivity index (χ0n) is 28.0. The average molecular weight is 575 g/mol. The molecule has 0 aliphatic carbocycles. The zero-order valence-corrected chi connectivity index (χ0v) is 28.0. The molecule has 0 bridgehead atoms. The topological polar surface area (TPSA) is 0 Å². The molecule has 0 heteroatoms. The van der Waals surface area contributed by atoms with Gasteiger partial charge in [-0.3, -0.25) is 0 Å². The van der Waals surface area contributed by atoms with Gasteiger partial charge in [0, 0.05) is 0 Å². The van der Waals surface area contributed by atoms with Crippen LogP contribution < -0.4 is 0 Å². The summed E-state index contributed by atoms with van der Waals surface area (Å²) in [7, 11) is 0. The van der Waals surface area contributed by atoms with E-state index in [4.69, 9.17) is 0 Å². The highest BCUT2D eigenvalue weighted by atomic mass is 14.3. The molecule has 0 unspecified atom stereocenters. The van der Waals surface area contributed by atoms with Gasteiger partial charge in [0.25, 0.3) is 0 Å². The Balaban J connectivity index is 1.72. The molecule has 0 saturated carbocycles. The SMILES string of the molecule is CC(C)(C)c1ccc(-c2cc3cc4ccccc4cc3c(-c3ccc(C(C)(C)C)cc3)c2-c2ccc(C(C)(C)C)cc2)cc1. The maximum atomic E-state index is 2.42. The highest BCUT2D eigenvalue weighted by molar-refractivity contribution is 6.13. The largest absolute Gasteiger partial charge is 0.0616 e. The highest BCUT2D eigenvalue weighted by Gasteiger charge is 2.22. The van der Waals surface area contributed by atoms with Crippen LogP contribution in [0, 0.1) is 0 Å². The highest BCUT2D eigenvalue weighted by Crippen LogP contribution is 2.46. The number of hydrogen-bond acceptors (Lipinski definition) is 0. The summed E-state index contributed by atoms with van der Waals surface area (Å²) < 4.78 is 0. The van der Waals surface area contributed by atoms with Gasteiger partial charge in [-0.2, -0.15) is 0 Å². The Morgan fingerprint density at radius 3 is 1.16 bits per heavy atom. The molecule has 0 spiro atoms. The summed E-state index contributed by atoms with van der Waals surface area (Å²) in [5.74, 6) is 0. The van der Waals surface area contributed by atoms with Gasteiger partial charge in [0.15, 0.2) is 0 Å². The Morgan fingerprint density at radius 1 is 0.341 bits per heavy atom. The fourth-order valence-electron chi connectivity index (χ4n) is 6.34. The maximum absolute atomic E-state index is 2.42. The Kier molecular flexibility index (Phi) is 7.32. The molecule has 44 heavy (non-hydrogen) atoms. The second-order valence-corrected chi connectivity index (χ2v) is 15.6. The molecule has 6 aromatic carbocycles. The Bertz CT molecular complexity index is 1950. The molecule has 0 aromatic heterocycles. The lowest BCUT2D eigenvalue weighted by atomic mass is 9.80. The first-order valence-corrected chi connectivity index (χ1v) is 16.0.